The highest BCUT2D eigenvalue weighted by molar-refractivity contribution is 7.19. The molecule has 0 aromatic carbocycles. The lowest BCUT2D eigenvalue weighted by Gasteiger charge is -2.38. The van der Waals surface area contributed by atoms with Crippen molar-refractivity contribution in [3.63, 3.8) is 0 Å². The van der Waals surface area contributed by atoms with Gasteiger partial charge in [0.25, 0.3) is 0 Å². The molecule has 4 heteroatoms. The van der Waals surface area contributed by atoms with E-state index in [1.54, 1.807) is 0 Å². The van der Waals surface area contributed by atoms with E-state index in [-0.39, 0.29) is 0 Å². The minimum Gasteiger partial charge on any atom is -0.396 e. The molecule has 2 N–H and O–H groups in total. The van der Waals surface area contributed by atoms with Crippen LogP contribution in [-0.2, 0) is 12.8 Å². The molecule has 0 saturated carbocycles. The second-order valence-electron chi connectivity index (χ2n) is 7.93. The van der Waals surface area contributed by atoms with E-state index < -0.39 is 0 Å². The predicted molar refractivity (Wildman–Crippen MR) is 97.5 cm³/mol. The molecular formula is C19H25N3S. The molecule has 0 radical (unpaired) electrons. The summed E-state index contributed by atoms with van der Waals surface area (Å²) < 4.78 is 0. The number of hydrogen-bond acceptors (Lipinski definition) is 4. The quantitative estimate of drug-likeness (QED) is 0.869. The molecule has 1 unspecified atom stereocenters. The van der Waals surface area contributed by atoms with Crippen LogP contribution >= 0.6 is 11.3 Å². The number of aryl methyl sites for hydroxylation is 1. The molecule has 1 atom stereocenters. The van der Waals surface area contributed by atoms with Crippen molar-refractivity contribution in [2.24, 2.45) is 17.3 Å². The maximum absolute atomic E-state index is 9.17. The summed E-state index contributed by atoms with van der Waals surface area (Å²) in [6.07, 6.45) is 4.57. The maximum Gasteiger partial charge on any atom is 0.130 e. The standard InChI is InChI=1S/C19H25N3S/c1-11(2)9-19(3,4)13-5-6-15-12(7-13)8-14-17(21)16(10-20)23-18(14)22-15/h8,11,13H,5-7,9,21H2,1-4H3. The summed E-state index contributed by atoms with van der Waals surface area (Å²) in [5.41, 5.74) is 9.61. The van der Waals surface area contributed by atoms with E-state index in [4.69, 9.17) is 10.7 Å². The number of nitriles is 1. The van der Waals surface area contributed by atoms with E-state index in [0.717, 1.165) is 29.0 Å². The molecular weight excluding hydrogens is 302 g/mol. The van der Waals surface area contributed by atoms with Gasteiger partial charge >= 0.3 is 0 Å². The Kier molecular flexibility index (Phi) is 4.10. The normalized spacial score (nSPS) is 18.2. The van der Waals surface area contributed by atoms with Crippen molar-refractivity contribution in [3.05, 3.63) is 22.2 Å². The van der Waals surface area contributed by atoms with Gasteiger partial charge in [-0.3, -0.25) is 0 Å². The van der Waals surface area contributed by atoms with Crippen molar-refractivity contribution in [2.45, 2.75) is 53.4 Å². The van der Waals surface area contributed by atoms with Gasteiger partial charge in [0, 0.05) is 11.1 Å². The number of nitrogens with zero attached hydrogens (tertiary/aromatic N) is 2. The van der Waals surface area contributed by atoms with Crippen LogP contribution in [0.1, 0.15) is 56.7 Å². The lowest BCUT2D eigenvalue weighted by molar-refractivity contribution is 0.153. The molecule has 0 aliphatic heterocycles. The van der Waals surface area contributed by atoms with Gasteiger partial charge in [0.05, 0.1) is 5.69 Å². The molecule has 0 spiro atoms. The van der Waals surface area contributed by atoms with E-state index in [2.05, 4.69) is 39.8 Å². The van der Waals surface area contributed by atoms with Crippen LogP contribution in [0.4, 0.5) is 5.69 Å². The third kappa shape index (κ3) is 2.95. The zero-order chi connectivity index (χ0) is 16.8. The predicted octanol–water partition coefficient (Wildman–Crippen LogP) is 4.93. The molecule has 3 rings (SSSR count). The Balaban J connectivity index is 1.96. The Bertz CT molecular complexity index is 780. The summed E-state index contributed by atoms with van der Waals surface area (Å²) in [6.45, 7) is 9.42. The second kappa shape index (κ2) is 5.79. The van der Waals surface area contributed by atoms with Crippen molar-refractivity contribution >= 4 is 27.2 Å². The maximum atomic E-state index is 9.17. The molecule has 23 heavy (non-hydrogen) atoms. The SMILES string of the molecule is CC(C)CC(C)(C)C1CCc2nc3sc(C#N)c(N)c3cc2C1. The average molecular weight is 327 g/mol. The van der Waals surface area contributed by atoms with Gasteiger partial charge < -0.3 is 5.73 Å². The topological polar surface area (TPSA) is 62.7 Å². The number of thiophene rings is 1. The molecule has 1 aliphatic carbocycles. The number of pyridine rings is 1. The van der Waals surface area contributed by atoms with Crippen LogP contribution in [0.3, 0.4) is 0 Å². The van der Waals surface area contributed by atoms with Crippen LogP contribution in [0.25, 0.3) is 10.2 Å². The number of rotatable bonds is 3. The summed E-state index contributed by atoms with van der Waals surface area (Å²) in [6, 6.07) is 4.38. The molecule has 122 valence electrons. The average Bonchev–Trinajstić information content (AvgIpc) is 2.79. The fourth-order valence-electron chi connectivity index (χ4n) is 4.16. The van der Waals surface area contributed by atoms with Crippen LogP contribution in [0.15, 0.2) is 6.07 Å². The Morgan fingerprint density at radius 3 is 2.87 bits per heavy atom. The molecule has 1 aliphatic rings. The van der Waals surface area contributed by atoms with Crippen LogP contribution in [-0.4, -0.2) is 4.98 Å². The van der Waals surface area contributed by atoms with Crippen molar-refractivity contribution in [1.29, 1.82) is 5.26 Å². The Morgan fingerprint density at radius 2 is 2.22 bits per heavy atom. The number of nitrogens with two attached hydrogens (primary N) is 1. The molecule has 2 aromatic rings. The molecule has 0 saturated heterocycles. The second-order valence-corrected chi connectivity index (χ2v) is 8.93. The molecule has 2 heterocycles. The van der Waals surface area contributed by atoms with E-state index >= 15 is 0 Å². The van der Waals surface area contributed by atoms with Crippen molar-refractivity contribution < 1.29 is 0 Å². The summed E-state index contributed by atoms with van der Waals surface area (Å²) in [5, 5.41) is 10.1. The summed E-state index contributed by atoms with van der Waals surface area (Å²) >= 11 is 1.41. The van der Waals surface area contributed by atoms with Gasteiger partial charge in [-0.1, -0.05) is 27.7 Å². The Morgan fingerprint density at radius 1 is 1.48 bits per heavy atom. The zero-order valence-electron chi connectivity index (χ0n) is 14.4. The van der Waals surface area contributed by atoms with Crippen LogP contribution in [0, 0.1) is 28.6 Å². The van der Waals surface area contributed by atoms with Crippen molar-refractivity contribution in [3.8, 4) is 6.07 Å². The Hall–Kier alpha value is -1.60. The number of fused-ring (bicyclic) bond motifs is 2. The third-order valence-electron chi connectivity index (χ3n) is 5.23. The van der Waals surface area contributed by atoms with Crippen LogP contribution < -0.4 is 5.73 Å². The first-order valence-corrected chi connectivity index (χ1v) is 9.24. The third-order valence-corrected chi connectivity index (χ3v) is 6.25. The van der Waals surface area contributed by atoms with Crippen molar-refractivity contribution in [1.82, 2.24) is 4.98 Å². The summed E-state index contributed by atoms with van der Waals surface area (Å²) in [7, 11) is 0. The fourth-order valence-corrected chi connectivity index (χ4v) is 5.05. The minimum absolute atomic E-state index is 0.346. The zero-order valence-corrected chi connectivity index (χ0v) is 15.3. The summed E-state index contributed by atoms with van der Waals surface area (Å²) in [5.74, 6) is 1.41. The smallest absolute Gasteiger partial charge is 0.130 e. The van der Waals surface area contributed by atoms with Gasteiger partial charge in [0.2, 0.25) is 0 Å². The molecule has 0 fully saturated rings. The van der Waals surface area contributed by atoms with Gasteiger partial charge in [0.15, 0.2) is 0 Å². The molecule has 3 nitrogen and oxygen atoms in total. The first-order chi connectivity index (χ1) is 10.8. The molecule has 2 aromatic heterocycles. The molecule has 0 bridgehead atoms. The van der Waals surface area contributed by atoms with E-state index in [1.807, 2.05) is 0 Å². The Labute approximate surface area is 142 Å². The number of aromatic nitrogens is 1. The van der Waals surface area contributed by atoms with Crippen molar-refractivity contribution in [2.75, 3.05) is 5.73 Å². The van der Waals surface area contributed by atoms with Gasteiger partial charge in [-0.15, -0.1) is 11.3 Å². The van der Waals surface area contributed by atoms with Crippen LogP contribution in [0.5, 0.6) is 0 Å². The number of anilines is 1. The van der Waals surface area contributed by atoms with Gasteiger partial charge in [-0.2, -0.15) is 5.26 Å². The number of nitrogen functional groups attached to an aromatic ring is 1. The van der Waals surface area contributed by atoms with E-state index in [9.17, 15) is 5.26 Å². The highest BCUT2D eigenvalue weighted by atomic mass is 32.1. The highest BCUT2D eigenvalue weighted by Gasteiger charge is 2.33. The first kappa shape index (κ1) is 16.3. The van der Waals surface area contributed by atoms with Crippen LogP contribution in [0.2, 0.25) is 0 Å². The van der Waals surface area contributed by atoms with Gasteiger partial charge in [-0.25, -0.2) is 4.98 Å². The lowest BCUT2D eigenvalue weighted by Crippen LogP contribution is -2.31. The minimum atomic E-state index is 0.346. The molecule has 0 amide bonds. The lowest BCUT2D eigenvalue weighted by atomic mass is 9.67. The number of hydrogen-bond donors (Lipinski definition) is 1. The van der Waals surface area contributed by atoms with Gasteiger partial charge in [-0.05, 0) is 54.6 Å². The first-order valence-electron chi connectivity index (χ1n) is 8.42. The van der Waals surface area contributed by atoms with E-state index in [1.165, 1.54) is 35.4 Å². The van der Waals surface area contributed by atoms with Gasteiger partial charge in [0.1, 0.15) is 15.8 Å². The fraction of sp³-hybridized carbons (Fsp3) is 0.579. The monoisotopic (exact) mass is 327 g/mol. The summed E-state index contributed by atoms with van der Waals surface area (Å²) in [4.78, 5) is 6.31. The largest absolute Gasteiger partial charge is 0.396 e. The van der Waals surface area contributed by atoms with E-state index in [0.29, 0.717) is 21.9 Å². The highest BCUT2D eigenvalue weighted by Crippen LogP contribution is 2.43.